The second kappa shape index (κ2) is 34.3. The summed E-state index contributed by atoms with van der Waals surface area (Å²) < 4.78 is 27.7. The molecule has 0 saturated carbocycles. The largest absolute Gasteiger partial charge is 0.481 e. The molecule has 4 atom stereocenters. The summed E-state index contributed by atoms with van der Waals surface area (Å²) in [5, 5.41) is 46.9. The first-order chi connectivity index (χ1) is 31.4. The van der Waals surface area contributed by atoms with Crippen LogP contribution in [0.15, 0.2) is 63.3 Å². The van der Waals surface area contributed by atoms with E-state index in [0.717, 1.165) is 62.6 Å². The maximum atomic E-state index is 12.4. The number of nitriles is 2. The molecule has 65 heavy (non-hydrogen) atoms. The molecule has 1 aromatic rings. The number of hydrogen-bond acceptors (Lipinski definition) is 15. The molecule has 0 aromatic heterocycles. The van der Waals surface area contributed by atoms with Gasteiger partial charge in [0.05, 0.1) is 87.7 Å². The van der Waals surface area contributed by atoms with E-state index in [1.807, 2.05) is 56.4 Å². The number of azo groups is 1. The van der Waals surface area contributed by atoms with Crippen molar-refractivity contribution in [3.8, 4) is 12.1 Å². The highest BCUT2D eigenvalue weighted by Crippen LogP contribution is 2.42. The first-order valence-electron chi connectivity index (χ1n) is 22.7. The Kier molecular flexibility index (Phi) is 29.6. The lowest BCUT2D eigenvalue weighted by atomic mass is 10.0. The van der Waals surface area contributed by atoms with Crippen LogP contribution in [0.3, 0.4) is 0 Å². The normalized spacial score (nSPS) is 15.9. The molecule has 1 aliphatic rings. The highest BCUT2D eigenvalue weighted by Gasteiger charge is 2.33. The van der Waals surface area contributed by atoms with Gasteiger partial charge in [-0.2, -0.15) is 10.5 Å². The lowest BCUT2D eigenvalue weighted by molar-refractivity contribution is -0.152. The van der Waals surface area contributed by atoms with Crippen LogP contribution in [0.25, 0.3) is 0 Å². The summed E-state index contributed by atoms with van der Waals surface area (Å²) in [6.07, 6.45) is 16.0. The third-order valence-corrected chi connectivity index (χ3v) is 11.7. The number of aryl methyl sites for hydroxylation is 1. The number of esters is 2. The zero-order valence-electron chi connectivity index (χ0n) is 38.6. The molecular weight excluding hydrogens is 855 g/mol. The van der Waals surface area contributed by atoms with Crippen LogP contribution < -0.4 is 4.90 Å². The number of unbranched alkanes of at least 4 members (excludes halogenated alkanes) is 6. The number of rotatable bonds is 36. The smallest absolute Gasteiger partial charge is 0.307 e. The summed E-state index contributed by atoms with van der Waals surface area (Å²) >= 11 is 1.23. The van der Waals surface area contributed by atoms with Crippen molar-refractivity contribution in [2.75, 3.05) is 70.8 Å². The Hall–Kier alpha value is -5.07. The van der Waals surface area contributed by atoms with Gasteiger partial charge in [0.25, 0.3) is 0 Å². The molecule has 0 fully saturated rings. The van der Waals surface area contributed by atoms with E-state index in [1.54, 1.807) is 0 Å². The van der Waals surface area contributed by atoms with E-state index in [4.69, 9.17) is 23.7 Å². The molecule has 0 saturated heterocycles. The van der Waals surface area contributed by atoms with Gasteiger partial charge >= 0.3 is 23.9 Å². The van der Waals surface area contributed by atoms with E-state index >= 15 is 0 Å². The number of anilines is 1. The number of carbonyl (C=O) groups is 4. The number of thioether (sulfide) groups is 1. The fraction of sp³-hybridized carbons (Fsp3) is 0.625. The first-order valence-corrected chi connectivity index (χ1v) is 23.6. The van der Waals surface area contributed by atoms with Crippen LogP contribution in [0.2, 0.25) is 0 Å². The number of ether oxygens (including phenoxy) is 5. The topological polar surface area (TPSA) is 230 Å². The first kappa shape index (κ1) is 56.1. The van der Waals surface area contributed by atoms with E-state index in [2.05, 4.69) is 41.1 Å². The van der Waals surface area contributed by atoms with Gasteiger partial charge in [0.1, 0.15) is 23.5 Å². The molecule has 2 N–H and O–H groups in total. The quantitative estimate of drug-likeness (QED) is 0.0276. The lowest BCUT2D eigenvalue weighted by Crippen LogP contribution is -2.31. The van der Waals surface area contributed by atoms with E-state index in [9.17, 15) is 39.9 Å². The number of carbonyl (C=O) groups excluding carboxylic acids is 2. The Morgan fingerprint density at radius 2 is 1.26 bits per heavy atom. The molecule has 1 heterocycles. The minimum atomic E-state index is -1.04. The molecule has 0 radical (unpaired) electrons. The SMILES string of the molecule is CCCCC/C=C/CC(CC(=O)OCCOCCOCCN(CCOCCOC(=O)CC(C/C=C/CCCCC)C(=O)O)c1ccc(/N=N/C2=C(C#N)C(C)C(C#N)S2)c(C)c1)C(=O)O. The maximum absolute atomic E-state index is 12.4. The summed E-state index contributed by atoms with van der Waals surface area (Å²) in [5.74, 6) is -5.19. The van der Waals surface area contributed by atoms with Gasteiger partial charge in [-0.15, -0.1) is 10.2 Å². The van der Waals surface area contributed by atoms with Gasteiger partial charge in [0.15, 0.2) is 0 Å². The van der Waals surface area contributed by atoms with Crippen molar-refractivity contribution in [1.82, 2.24) is 0 Å². The van der Waals surface area contributed by atoms with Gasteiger partial charge in [0, 0.05) is 24.7 Å². The lowest BCUT2D eigenvalue weighted by Gasteiger charge is -2.25. The van der Waals surface area contributed by atoms with E-state index in [-0.39, 0.29) is 77.8 Å². The zero-order valence-corrected chi connectivity index (χ0v) is 39.4. The number of hydrogen-bond donors (Lipinski definition) is 2. The average Bonchev–Trinajstić information content (AvgIpc) is 3.60. The van der Waals surface area contributed by atoms with Crippen LogP contribution in [-0.4, -0.2) is 105 Å². The Bertz CT molecular complexity index is 1820. The van der Waals surface area contributed by atoms with Crippen LogP contribution in [0.4, 0.5) is 11.4 Å². The fourth-order valence-corrected chi connectivity index (χ4v) is 7.54. The Labute approximate surface area is 389 Å². The van der Waals surface area contributed by atoms with Gasteiger partial charge in [-0.05, 0) is 69.2 Å². The third kappa shape index (κ3) is 23.6. The highest BCUT2D eigenvalue weighted by molar-refractivity contribution is 8.04. The molecule has 1 aromatic carbocycles. The van der Waals surface area contributed by atoms with Crippen molar-refractivity contribution in [2.24, 2.45) is 28.0 Å². The standard InChI is InChI=1S/C48H69N5O11S/c1-5-7-9-11-13-15-17-38(47(56)57)32-44(54)63-29-27-61-24-22-53(40-19-20-42(36(3)31-40)51-52-46-41(34-49)37(4)43(35-50)65-46)21-23-60-25-26-62-28-30-64-45(55)33-39(48(58)59)18-16-14-12-10-8-6-2/h13-16,19-20,31,37-39,43H,5-12,17-18,21-30,32-33H2,1-4H3,(H,56,57)(H,58,59)/b15-13+,16-14+,52-51+. The molecule has 0 bridgehead atoms. The summed E-state index contributed by atoms with van der Waals surface area (Å²) in [4.78, 5) is 50.1. The zero-order chi connectivity index (χ0) is 47.7. The Morgan fingerprint density at radius 3 is 1.72 bits per heavy atom. The average molecular weight is 924 g/mol. The van der Waals surface area contributed by atoms with Crippen molar-refractivity contribution >= 4 is 47.0 Å². The minimum Gasteiger partial charge on any atom is -0.481 e. The molecule has 17 heteroatoms. The Balaban J connectivity index is 1.89. The third-order valence-electron chi connectivity index (χ3n) is 10.4. The van der Waals surface area contributed by atoms with E-state index in [1.165, 1.54) is 11.8 Å². The van der Waals surface area contributed by atoms with E-state index < -0.39 is 41.0 Å². The molecular formula is C48H69N5O11S. The van der Waals surface area contributed by atoms with E-state index in [0.29, 0.717) is 36.0 Å². The predicted octanol–water partition coefficient (Wildman–Crippen LogP) is 9.27. The van der Waals surface area contributed by atoms with Gasteiger partial charge < -0.3 is 38.8 Å². The van der Waals surface area contributed by atoms with Crippen LogP contribution in [-0.2, 0) is 42.9 Å². The van der Waals surface area contributed by atoms with Gasteiger partial charge in [0.2, 0.25) is 0 Å². The summed E-state index contributed by atoms with van der Waals surface area (Å²) in [6, 6.07) is 10.0. The van der Waals surface area contributed by atoms with Crippen molar-refractivity contribution < 1.29 is 53.1 Å². The van der Waals surface area contributed by atoms with Crippen LogP contribution >= 0.6 is 11.8 Å². The van der Waals surface area contributed by atoms with Crippen LogP contribution in [0, 0.1) is 47.3 Å². The molecule has 0 aliphatic carbocycles. The number of carboxylic acids is 2. The van der Waals surface area contributed by atoms with Crippen molar-refractivity contribution in [3.05, 3.63) is 58.7 Å². The van der Waals surface area contributed by atoms with Gasteiger partial charge in [-0.3, -0.25) is 19.2 Å². The molecule has 358 valence electrons. The van der Waals surface area contributed by atoms with Gasteiger partial charge in [-0.25, -0.2) is 0 Å². The minimum absolute atomic E-state index is 0.00490. The molecule has 0 amide bonds. The molecule has 1 aliphatic heterocycles. The summed E-state index contributed by atoms with van der Waals surface area (Å²) in [7, 11) is 0. The summed E-state index contributed by atoms with van der Waals surface area (Å²) in [5.41, 5.74) is 2.73. The van der Waals surface area contributed by atoms with Crippen LogP contribution in [0.1, 0.15) is 103 Å². The Morgan fingerprint density at radius 1 is 0.754 bits per heavy atom. The fourth-order valence-electron chi connectivity index (χ4n) is 6.46. The number of nitrogens with zero attached hydrogens (tertiary/aromatic N) is 5. The molecule has 16 nitrogen and oxygen atoms in total. The second-order valence-electron chi connectivity index (χ2n) is 15.6. The highest BCUT2D eigenvalue weighted by atomic mass is 32.2. The molecule has 2 rings (SSSR count). The van der Waals surface area contributed by atoms with Crippen molar-refractivity contribution in [3.63, 3.8) is 0 Å². The number of benzene rings is 1. The number of allylic oxidation sites excluding steroid dienone is 5. The molecule has 0 spiro atoms. The molecule has 4 unspecified atom stereocenters. The number of carboxylic acid groups (broad SMARTS) is 2. The van der Waals surface area contributed by atoms with Crippen molar-refractivity contribution in [2.45, 2.75) is 110 Å². The maximum Gasteiger partial charge on any atom is 0.307 e. The monoisotopic (exact) mass is 923 g/mol. The second-order valence-corrected chi connectivity index (χ2v) is 16.7. The van der Waals surface area contributed by atoms with Crippen LogP contribution in [0.5, 0.6) is 0 Å². The predicted molar refractivity (Wildman–Crippen MR) is 248 cm³/mol. The summed E-state index contributed by atoms with van der Waals surface area (Å²) in [6.45, 7) is 10.3. The van der Waals surface area contributed by atoms with Gasteiger partial charge in [-0.1, -0.05) is 82.5 Å². The van der Waals surface area contributed by atoms with Crippen molar-refractivity contribution in [1.29, 1.82) is 10.5 Å². The number of aliphatic carboxylic acids is 2.